The third-order valence-electron chi connectivity index (χ3n) is 6.00. The molecular formula is C26H29N3O3. The van der Waals surface area contributed by atoms with Gasteiger partial charge < -0.3 is 15.2 Å². The van der Waals surface area contributed by atoms with Gasteiger partial charge >= 0.3 is 0 Å². The number of phenols is 1. The Bertz CT molecular complexity index is 1040. The molecule has 3 aromatic rings. The molecule has 1 saturated carbocycles. The summed E-state index contributed by atoms with van der Waals surface area (Å²) in [5.41, 5.74) is 3.42. The molecule has 0 unspecified atom stereocenters. The number of anilines is 1. The van der Waals surface area contributed by atoms with Crippen LogP contribution in [0.25, 0.3) is 11.3 Å². The Kier molecular flexibility index (Phi) is 7.00. The van der Waals surface area contributed by atoms with Crippen LogP contribution in [0.3, 0.4) is 0 Å². The smallest absolute Gasteiger partial charge is 0.229 e. The molecule has 4 rings (SSSR count). The summed E-state index contributed by atoms with van der Waals surface area (Å²) in [7, 11) is 1.65. The predicted molar refractivity (Wildman–Crippen MR) is 125 cm³/mol. The van der Waals surface area contributed by atoms with Crippen molar-refractivity contribution in [3.63, 3.8) is 0 Å². The number of hydrogen-bond donors (Lipinski definition) is 2. The van der Waals surface area contributed by atoms with Gasteiger partial charge in [-0.1, -0.05) is 44.2 Å². The van der Waals surface area contributed by atoms with Crippen LogP contribution in [0.15, 0.2) is 54.7 Å². The second kappa shape index (κ2) is 10.3. The maximum atomic E-state index is 12.7. The van der Waals surface area contributed by atoms with Gasteiger partial charge in [0.25, 0.3) is 0 Å². The number of benzene rings is 2. The maximum absolute atomic E-state index is 12.7. The van der Waals surface area contributed by atoms with E-state index in [0.717, 1.165) is 34.7 Å². The first-order valence-corrected chi connectivity index (χ1v) is 11.2. The van der Waals surface area contributed by atoms with Crippen LogP contribution in [0.5, 0.6) is 11.5 Å². The third-order valence-corrected chi connectivity index (χ3v) is 6.00. The van der Waals surface area contributed by atoms with Crippen LogP contribution in [0.4, 0.5) is 5.82 Å². The Morgan fingerprint density at radius 1 is 1.06 bits per heavy atom. The number of ether oxygens (including phenoxy) is 1. The zero-order chi connectivity index (χ0) is 22.3. The number of carbonyl (C=O) groups is 1. The van der Waals surface area contributed by atoms with Gasteiger partial charge in [0.15, 0.2) is 5.82 Å². The number of nitrogens with zero attached hydrogens (tertiary/aromatic N) is 2. The molecule has 166 valence electrons. The van der Waals surface area contributed by atoms with Gasteiger partial charge in [-0.05, 0) is 54.3 Å². The normalized spacial score (nSPS) is 14.2. The fraction of sp³-hybridized carbons (Fsp3) is 0.346. The van der Waals surface area contributed by atoms with Crippen LogP contribution in [0.1, 0.15) is 43.4 Å². The van der Waals surface area contributed by atoms with Gasteiger partial charge in [-0.2, -0.15) is 0 Å². The van der Waals surface area contributed by atoms with Crippen molar-refractivity contribution in [3.05, 3.63) is 66.0 Å². The number of methoxy groups -OCH3 is 1. The van der Waals surface area contributed by atoms with E-state index in [4.69, 9.17) is 9.72 Å². The molecule has 1 heterocycles. The monoisotopic (exact) mass is 431 g/mol. The van der Waals surface area contributed by atoms with E-state index < -0.39 is 0 Å². The summed E-state index contributed by atoms with van der Waals surface area (Å²) in [5.74, 6) is 1.94. The number of phenolic OH excluding ortho intramolecular Hbond substituents is 1. The van der Waals surface area contributed by atoms with Crippen molar-refractivity contribution in [2.24, 2.45) is 5.92 Å². The van der Waals surface area contributed by atoms with Crippen LogP contribution in [-0.2, 0) is 17.6 Å². The Labute approximate surface area is 188 Å². The molecule has 2 aromatic carbocycles. The van der Waals surface area contributed by atoms with Gasteiger partial charge in [-0.15, -0.1) is 0 Å². The van der Waals surface area contributed by atoms with Crippen molar-refractivity contribution in [1.29, 1.82) is 0 Å². The van der Waals surface area contributed by atoms with Crippen molar-refractivity contribution in [3.8, 4) is 22.8 Å². The van der Waals surface area contributed by atoms with E-state index >= 15 is 0 Å². The quantitative estimate of drug-likeness (QED) is 0.540. The summed E-state index contributed by atoms with van der Waals surface area (Å²) >= 11 is 0. The molecule has 0 atom stereocenters. The first-order chi connectivity index (χ1) is 15.6. The fourth-order valence-electron chi connectivity index (χ4n) is 4.22. The zero-order valence-electron chi connectivity index (χ0n) is 18.4. The van der Waals surface area contributed by atoms with Gasteiger partial charge in [-0.3, -0.25) is 4.79 Å². The average molecular weight is 432 g/mol. The number of rotatable bonds is 7. The minimum atomic E-state index is -0.146. The van der Waals surface area contributed by atoms with Crippen molar-refractivity contribution < 1.29 is 14.6 Å². The van der Waals surface area contributed by atoms with Crippen LogP contribution in [0.2, 0.25) is 0 Å². The third kappa shape index (κ3) is 5.63. The first kappa shape index (κ1) is 21.8. The van der Waals surface area contributed by atoms with Crippen LogP contribution >= 0.6 is 0 Å². The molecule has 0 saturated heterocycles. The summed E-state index contributed by atoms with van der Waals surface area (Å²) in [5, 5.41) is 12.4. The SMILES string of the molecule is COc1ccc(-c2cnc(NC(=O)Cc3ccc(O)cc3)c(CC3CCCCC3)n2)cc1. The zero-order valence-corrected chi connectivity index (χ0v) is 18.4. The molecule has 0 radical (unpaired) electrons. The fourth-order valence-corrected chi connectivity index (χ4v) is 4.22. The predicted octanol–water partition coefficient (Wildman–Crippen LogP) is 5.16. The summed E-state index contributed by atoms with van der Waals surface area (Å²) in [6.07, 6.45) is 8.91. The number of aromatic nitrogens is 2. The van der Waals surface area contributed by atoms with Gasteiger partial charge in [0.2, 0.25) is 5.91 Å². The highest BCUT2D eigenvalue weighted by Gasteiger charge is 2.19. The largest absolute Gasteiger partial charge is 0.508 e. The highest BCUT2D eigenvalue weighted by molar-refractivity contribution is 5.92. The number of hydrogen-bond acceptors (Lipinski definition) is 5. The number of amides is 1. The summed E-state index contributed by atoms with van der Waals surface area (Å²) < 4.78 is 5.25. The molecule has 6 nitrogen and oxygen atoms in total. The summed E-state index contributed by atoms with van der Waals surface area (Å²) in [6, 6.07) is 14.4. The molecule has 0 bridgehead atoms. The van der Waals surface area contributed by atoms with Gasteiger partial charge in [0, 0.05) is 5.56 Å². The molecular weight excluding hydrogens is 402 g/mol. The van der Waals surface area contributed by atoms with Crippen molar-refractivity contribution in [2.45, 2.75) is 44.9 Å². The van der Waals surface area contributed by atoms with E-state index in [1.165, 1.54) is 32.1 Å². The average Bonchev–Trinajstić information content (AvgIpc) is 2.82. The van der Waals surface area contributed by atoms with Crippen LogP contribution < -0.4 is 10.1 Å². The summed E-state index contributed by atoms with van der Waals surface area (Å²) in [6.45, 7) is 0. The number of nitrogens with one attached hydrogen (secondary N) is 1. The lowest BCUT2D eigenvalue weighted by molar-refractivity contribution is -0.115. The van der Waals surface area contributed by atoms with Gasteiger partial charge in [0.05, 0.1) is 31.1 Å². The number of carbonyl (C=O) groups excluding carboxylic acids is 1. The first-order valence-electron chi connectivity index (χ1n) is 11.2. The highest BCUT2D eigenvalue weighted by Crippen LogP contribution is 2.29. The van der Waals surface area contributed by atoms with Crippen molar-refractivity contribution in [1.82, 2.24) is 9.97 Å². The molecule has 32 heavy (non-hydrogen) atoms. The molecule has 2 N–H and O–H groups in total. The topological polar surface area (TPSA) is 84.3 Å². The molecule has 1 fully saturated rings. The minimum Gasteiger partial charge on any atom is -0.508 e. The molecule has 1 aliphatic rings. The van der Waals surface area contributed by atoms with E-state index in [1.54, 1.807) is 37.6 Å². The Hall–Kier alpha value is -3.41. The van der Waals surface area contributed by atoms with Crippen molar-refractivity contribution >= 4 is 11.7 Å². The molecule has 6 heteroatoms. The summed E-state index contributed by atoms with van der Waals surface area (Å²) in [4.78, 5) is 22.2. The van der Waals surface area contributed by atoms with Gasteiger partial charge in [0.1, 0.15) is 11.5 Å². The van der Waals surface area contributed by atoms with Crippen LogP contribution in [0, 0.1) is 5.92 Å². The number of aromatic hydroxyl groups is 1. The lowest BCUT2D eigenvalue weighted by atomic mass is 9.86. The van der Waals surface area contributed by atoms with E-state index in [9.17, 15) is 9.90 Å². The second-order valence-corrected chi connectivity index (χ2v) is 8.38. The second-order valence-electron chi connectivity index (χ2n) is 8.38. The Morgan fingerprint density at radius 2 is 1.78 bits per heavy atom. The molecule has 1 amide bonds. The lowest BCUT2D eigenvalue weighted by Gasteiger charge is -2.22. The molecule has 1 aliphatic carbocycles. The van der Waals surface area contributed by atoms with E-state index in [1.807, 2.05) is 24.3 Å². The van der Waals surface area contributed by atoms with Crippen LogP contribution in [-0.4, -0.2) is 28.1 Å². The minimum absolute atomic E-state index is 0.146. The van der Waals surface area contributed by atoms with Gasteiger partial charge in [-0.25, -0.2) is 9.97 Å². The molecule has 1 aromatic heterocycles. The highest BCUT2D eigenvalue weighted by atomic mass is 16.5. The Morgan fingerprint density at radius 3 is 2.47 bits per heavy atom. The van der Waals surface area contributed by atoms with E-state index in [-0.39, 0.29) is 18.1 Å². The molecule has 0 aliphatic heterocycles. The van der Waals surface area contributed by atoms with E-state index in [2.05, 4.69) is 10.3 Å². The van der Waals surface area contributed by atoms with E-state index in [0.29, 0.717) is 11.7 Å². The lowest BCUT2D eigenvalue weighted by Crippen LogP contribution is -2.19. The molecule has 0 spiro atoms. The van der Waals surface area contributed by atoms with Crippen molar-refractivity contribution in [2.75, 3.05) is 12.4 Å². The standard InChI is InChI=1S/C26H29N3O3/c1-32-22-13-9-20(10-14-22)24-17-27-26(23(28-24)15-18-5-3-2-4-6-18)29-25(31)16-19-7-11-21(30)12-8-19/h7-14,17-18,30H,2-6,15-16H2,1H3,(H,27,29,31). The Balaban J connectivity index is 1.56. The maximum Gasteiger partial charge on any atom is 0.229 e.